The summed E-state index contributed by atoms with van der Waals surface area (Å²) in [6, 6.07) is 6.76. The van der Waals surface area contributed by atoms with Crippen LogP contribution in [-0.4, -0.2) is 23.8 Å². The van der Waals surface area contributed by atoms with Gasteiger partial charge >= 0.3 is 0 Å². The van der Waals surface area contributed by atoms with Crippen molar-refractivity contribution in [2.24, 2.45) is 0 Å². The second kappa shape index (κ2) is 5.04. The number of carbonyl (C=O) groups excluding carboxylic acids is 2. The minimum atomic E-state index is -0.297. The smallest absolute Gasteiger partial charge is 0.170 e. The predicted molar refractivity (Wildman–Crippen MR) is 66.4 cm³/mol. The first-order valence-corrected chi connectivity index (χ1v) is 5.78. The Morgan fingerprint density at radius 3 is 2.39 bits per heavy atom. The van der Waals surface area contributed by atoms with Gasteiger partial charge in [0.1, 0.15) is 17.1 Å². The van der Waals surface area contributed by atoms with Crippen LogP contribution in [0.4, 0.5) is 0 Å². The average Bonchev–Trinajstić information content (AvgIpc) is 2.38. The van der Waals surface area contributed by atoms with Gasteiger partial charge in [-0.2, -0.15) is 0 Å². The molecule has 1 N–H and O–H groups in total. The van der Waals surface area contributed by atoms with Crippen LogP contribution in [0.1, 0.15) is 24.8 Å². The van der Waals surface area contributed by atoms with E-state index in [9.17, 15) is 14.7 Å². The number of aliphatic hydroxyl groups excluding tert-OH is 1. The van der Waals surface area contributed by atoms with E-state index in [0.717, 1.165) is 0 Å². The SMILES string of the molecule is COc1ccccc1C(O)=C1C(=O)CCCC1=O. The molecule has 1 aliphatic carbocycles. The first-order chi connectivity index (χ1) is 8.65. The molecule has 1 aromatic carbocycles. The second-order valence-electron chi connectivity index (χ2n) is 4.12. The van der Waals surface area contributed by atoms with E-state index in [2.05, 4.69) is 0 Å². The van der Waals surface area contributed by atoms with Gasteiger partial charge < -0.3 is 9.84 Å². The fraction of sp³-hybridized carbons (Fsp3) is 0.286. The summed E-state index contributed by atoms with van der Waals surface area (Å²) in [5, 5.41) is 10.2. The molecule has 1 saturated carbocycles. The number of allylic oxidation sites excluding steroid dienone is 1. The minimum absolute atomic E-state index is 0.0919. The lowest BCUT2D eigenvalue weighted by atomic mass is 9.89. The first-order valence-electron chi connectivity index (χ1n) is 5.78. The number of aliphatic hydroxyl groups is 1. The molecule has 1 aliphatic rings. The standard InChI is InChI=1S/C14H14O4/c1-18-12-8-3-2-5-9(12)14(17)13-10(15)6-4-7-11(13)16/h2-3,5,8,17H,4,6-7H2,1H3. The Morgan fingerprint density at radius 2 is 1.78 bits per heavy atom. The second-order valence-corrected chi connectivity index (χ2v) is 4.12. The molecule has 0 radical (unpaired) electrons. The maximum absolute atomic E-state index is 11.7. The van der Waals surface area contributed by atoms with Crippen LogP contribution in [0.5, 0.6) is 5.75 Å². The quantitative estimate of drug-likeness (QED) is 0.494. The van der Waals surface area contributed by atoms with E-state index in [0.29, 0.717) is 30.6 Å². The highest BCUT2D eigenvalue weighted by molar-refractivity contribution is 6.25. The highest BCUT2D eigenvalue weighted by atomic mass is 16.5. The van der Waals surface area contributed by atoms with Crippen molar-refractivity contribution in [2.75, 3.05) is 7.11 Å². The zero-order chi connectivity index (χ0) is 13.1. The minimum Gasteiger partial charge on any atom is -0.506 e. The lowest BCUT2D eigenvalue weighted by Crippen LogP contribution is -2.20. The zero-order valence-corrected chi connectivity index (χ0v) is 10.1. The van der Waals surface area contributed by atoms with Gasteiger partial charge in [-0.05, 0) is 18.6 Å². The number of para-hydroxylation sites is 1. The number of benzene rings is 1. The molecule has 18 heavy (non-hydrogen) atoms. The molecule has 2 rings (SSSR count). The first kappa shape index (κ1) is 12.4. The fourth-order valence-electron chi connectivity index (χ4n) is 2.05. The Labute approximate surface area is 105 Å². The highest BCUT2D eigenvalue weighted by Crippen LogP contribution is 2.29. The van der Waals surface area contributed by atoms with E-state index < -0.39 is 0 Å². The summed E-state index contributed by atoms with van der Waals surface area (Å²) in [5.74, 6) is -0.430. The van der Waals surface area contributed by atoms with Crippen LogP contribution in [0.2, 0.25) is 0 Å². The number of hydrogen-bond donors (Lipinski definition) is 1. The fourth-order valence-corrected chi connectivity index (χ4v) is 2.05. The van der Waals surface area contributed by atoms with Gasteiger partial charge in [0.25, 0.3) is 0 Å². The molecule has 0 aromatic heterocycles. The Bertz CT molecular complexity index is 510. The molecule has 0 saturated heterocycles. The lowest BCUT2D eigenvalue weighted by molar-refractivity contribution is -0.123. The van der Waals surface area contributed by atoms with E-state index in [1.165, 1.54) is 7.11 Å². The molecule has 1 fully saturated rings. The van der Waals surface area contributed by atoms with Crippen molar-refractivity contribution in [3.63, 3.8) is 0 Å². The number of rotatable bonds is 2. The molecular formula is C14H14O4. The molecule has 0 amide bonds. The molecule has 0 aliphatic heterocycles. The summed E-state index contributed by atoms with van der Waals surface area (Å²) in [6.45, 7) is 0. The molecule has 0 unspecified atom stereocenters. The molecule has 4 nitrogen and oxygen atoms in total. The number of ketones is 2. The summed E-state index contributed by atoms with van der Waals surface area (Å²) < 4.78 is 5.11. The van der Waals surface area contributed by atoms with Gasteiger partial charge in [0.2, 0.25) is 0 Å². The van der Waals surface area contributed by atoms with Gasteiger partial charge in [-0.25, -0.2) is 0 Å². The largest absolute Gasteiger partial charge is 0.506 e. The predicted octanol–water partition coefficient (Wildman–Crippen LogP) is 2.29. The molecule has 4 heteroatoms. The summed E-state index contributed by atoms with van der Waals surface area (Å²) in [6.07, 6.45) is 1.17. The van der Waals surface area contributed by atoms with Gasteiger partial charge in [0.15, 0.2) is 11.6 Å². The normalized spacial score (nSPS) is 15.7. The van der Waals surface area contributed by atoms with Crippen molar-refractivity contribution < 1.29 is 19.4 Å². The number of ether oxygens (including phenoxy) is 1. The Balaban J connectivity index is 2.54. The summed E-state index contributed by atoms with van der Waals surface area (Å²) in [4.78, 5) is 23.5. The van der Waals surface area contributed by atoms with Crippen molar-refractivity contribution in [1.29, 1.82) is 0 Å². The Hall–Kier alpha value is -2.10. The van der Waals surface area contributed by atoms with Crippen LogP contribution >= 0.6 is 0 Å². The lowest BCUT2D eigenvalue weighted by Gasteiger charge is -2.15. The molecule has 0 atom stereocenters. The van der Waals surface area contributed by atoms with Crippen molar-refractivity contribution in [1.82, 2.24) is 0 Å². The van der Waals surface area contributed by atoms with Crippen molar-refractivity contribution in [3.05, 3.63) is 35.4 Å². The van der Waals surface area contributed by atoms with Gasteiger partial charge in [-0.3, -0.25) is 9.59 Å². The summed E-state index contributed by atoms with van der Waals surface area (Å²) >= 11 is 0. The van der Waals surface area contributed by atoms with Gasteiger partial charge in [-0.1, -0.05) is 12.1 Å². The molecule has 1 aromatic rings. The number of carbonyl (C=O) groups is 2. The molecule has 0 bridgehead atoms. The molecule has 0 heterocycles. The van der Waals surface area contributed by atoms with E-state index >= 15 is 0 Å². The number of hydrogen-bond acceptors (Lipinski definition) is 4. The van der Waals surface area contributed by atoms with Gasteiger partial charge in [0, 0.05) is 12.8 Å². The highest BCUT2D eigenvalue weighted by Gasteiger charge is 2.28. The maximum atomic E-state index is 11.7. The van der Waals surface area contributed by atoms with Crippen LogP contribution < -0.4 is 4.74 Å². The molecular weight excluding hydrogens is 232 g/mol. The van der Waals surface area contributed by atoms with Crippen LogP contribution in [-0.2, 0) is 9.59 Å². The van der Waals surface area contributed by atoms with E-state index in [4.69, 9.17) is 4.74 Å². The van der Waals surface area contributed by atoms with Crippen LogP contribution in [0.3, 0.4) is 0 Å². The third kappa shape index (κ3) is 2.14. The van der Waals surface area contributed by atoms with Crippen molar-refractivity contribution in [2.45, 2.75) is 19.3 Å². The zero-order valence-electron chi connectivity index (χ0n) is 10.1. The monoisotopic (exact) mass is 246 g/mol. The Kier molecular flexibility index (Phi) is 3.46. The third-order valence-electron chi connectivity index (χ3n) is 2.96. The van der Waals surface area contributed by atoms with E-state index in [-0.39, 0.29) is 22.9 Å². The molecule has 94 valence electrons. The average molecular weight is 246 g/mol. The van der Waals surface area contributed by atoms with Crippen LogP contribution in [0.15, 0.2) is 29.8 Å². The topological polar surface area (TPSA) is 63.6 Å². The van der Waals surface area contributed by atoms with Gasteiger partial charge in [-0.15, -0.1) is 0 Å². The van der Waals surface area contributed by atoms with Crippen molar-refractivity contribution >= 4 is 17.3 Å². The van der Waals surface area contributed by atoms with Crippen LogP contribution in [0.25, 0.3) is 5.76 Å². The van der Waals surface area contributed by atoms with Crippen LogP contribution in [0, 0.1) is 0 Å². The number of methoxy groups -OCH3 is 1. The third-order valence-corrected chi connectivity index (χ3v) is 2.96. The van der Waals surface area contributed by atoms with E-state index in [1.807, 2.05) is 0 Å². The van der Waals surface area contributed by atoms with Crippen molar-refractivity contribution in [3.8, 4) is 5.75 Å². The van der Waals surface area contributed by atoms with E-state index in [1.54, 1.807) is 24.3 Å². The molecule has 0 spiro atoms. The Morgan fingerprint density at radius 1 is 1.17 bits per heavy atom. The summed E-state index contributed by atoms with van der Waals surface area (Å²) in [5.41, 5.74) is 0.282. The number of Topliss-reactive ketones (excluding diaryl/α,β-unsaturated/α-hetero) is 2. The van der Waals surface area contributed by atoms with Gasteiger partial charge in [0.05, 0.1) is 12.7 Å². The maximum Gasteiger partial charge on any atom is 0.170 e. The summed E-state index contributed by atoms with van der Waals surface area (Å²) in [7, 11) is 1.47.